The van der Waals surface area contributed by atoms with Gasteiger partial charge in [0.15, 0.2) is 0 Å². The first kappa shape index (κ1) is 8.79. The summed E-state index contributed by atoms with van der Waals surface area (Å²) in [6.07, 6.45) is -3.37. The van der Waals surface area contributed by atoms with E-state index in [2.05, 4.69) is 0 Å². The molecule has 0 aromatic carbocycles. The number of halogens is 3. The lowest BCUT2D eigenvalue weighted by Gasteiger charge is -2.02. The van der Waals surface area contributed by atoms with Gasteiger partial charge in [0.05, 0.1) is 0 Å². The van der Waals surface area contributed by atoms with Gasteiger partial charge >= 0.3 is 0 Å². The SMILES string of the molecule is CC[C@H](F)CCC(F)F. The average Bonchev–Trinajstić information content (AvgIpc) is 1.83. The summed E-state index contributed by atoms with van der Waals surface area (Å²) in [6.45, 7) is 1.65. The second-order valence-electron chi connectivity index (χ2n) is 1.97. The maximum atomic E-state index is 12.2. The van der Waals surface area contributed by atoms with Crippen LogP contribution in [0, 0.1) is 0 Å². The Morgan fingerprint density at radius 1 is 1.11 bits per heavy atom. The standard InChI is InChI=1S/C6H11F3/c1-2-5(7)3-4-6(8)9/h5-6H,2-4H2,1H3/t5-/m0/s1. The normalized spacial score (nSPS) is 14.3. The van der Waals surface area contributed by atoms with Crippen molar-refractivity contribution in [1.82, 2.24) is 0 Å². The smallest absolute Gasteiger partial charge is 0.238 e. The number of alkyl halides is 3. The zero-order valence-electron chi connectivity index (χ0n) is 5.41. The van der Waals surface area contributed by atoms with Gasteiger partial charge in [-0.2, -0.15) is 0 Å². The van der Waals surface area contributed by atoms with Crippen molar-refractivity contribution >= 4 is 0 Å². The van der Waals surface area contributed by atoms with Crippen LogP contribution in [0.25, 0.3) is 0 Å². The molecule has 0 fully saturated rings. The van der Waals surface area contributed by atoms with Crippen molar-refractivity contribution in [2.24, 2.45) is 0 Å². The van der Waals surface area contributed by atoms with E-state index in [0.717, 1.165) is 0 Å². The molecule has 0 radical (unpaired) electrons. The molecule has 0 bridgehead atoms. The number of hydrogen-bond donors (Lipinski definition) is 0. The van der Waals surface area contributed by atoms with Gasteiger partial charge in [0, 0.05) is 6.42 Å². The fourth-order valence-corrected chi connectivity index (χ4v) is 0.511. The minimum Gasteiger partial charge on any atom is -0.248 e. The van der Waals surface area contributed by atoms with Crippen LogP contribution < -0.4 is 0 Å². The summed E-state index contributed by atoms with van der Waals surface area (Å²) in [4.78, 5) is 0. The minimum atomic E-state index is -2.35. The van der Waals surface area contributed by atoms with Crippen molar-refractivity contribution in [3.05, 3.63) is 0 Å². The Kier molecular flexibility index (Phi) is 4.54. The molecule has 9 heavy (non-hydrogen) atoms. The number of hydrogen-bond acceptors (Lipinski definition) is 0. The lowest BCUT2D eigenvalue weighted by Crippen LogP contribution is -2.00. The molecule has 0 saturated heterocycles. The van der Waals surface area contributed by atoms with Crippen LogP contribution in [0.3, 0.4) is 0 Å². The largest absolute Gasteiger partial charge is 0.248 e. The molecule has 0 rings (SSSR count). The quantitative estimate of drug-likeness (QED) is 0.563. The van der Waals surface area contributed by atoms with Crippen LogP contribution in [0.1, 0.15) is 26.2 Å². The van der Waals surface area contributed by atoms with Gasteiger partial charge in [0.25, 0.3) is 0 Å². The molecule has 0 aromatic heterocycles. The third kappa shape index (κ3) is 5.66. The first-order chi connectivity index (χ1) is 4.16. The first-order valence-electron chi connectivity index (χ1n) is 3.09. The van der Waals surface area contributed by atoms with E-state index in [9.17, 15) is 13.2 Å². The summed E-state index contributed by atoms with van der Waals surface area (Å²) in [7, 11) is 0. The maximum absolute atomic E-state index is 12.2. The van der Waals surface area contributed by atoms with Gasteiger partial charge in [-0.3, -0.25) is 0 Å². The molecule has 0 saturated carbocycles. The molecule has 0 nitrogen and oxygen atoms in total. The molecular formula is C6H11F3. The second kappa shape index (κ2) is 4.65. The van der Waals surface area contributed by atoms with E-state index in [1.165, 1.54) is 0 Å². The molecule has 0 aromatic rings. The Balaban J connectivity index is 3.06. The maximum Gasteiger partial charge on any atom is 0.238 e. The highest BCUT2D eigenvalue weighted by atomic mass is 19.3. The Morgan fingerprint density at radius 2 is 1.67 bits per heavy atom. The van der Waals surface area contributed by atoms with E-state index < -0.39 is 12.6 Å². The van der Waals surface area contributed by atoms with Crippen LogP contribution in [0.15, 0.2) is 0 Å². The van der Waals surface area contributed by atoms with Gasteiger partial charge < -0.3 is 0 Å². The molecule has 0 N–H and O–H groups in total. The summed E-state index contributed by atoms with van der Waals surface area (Å²) in [5.41, 5.74) is 0. The van der Waals surface area contributed by atoms with Crippen molar-refractivity contribution in [2.45, 2.75) is 38.8 Å². The molecule has 3 heteroatoms. The second-order valence-corrected chi connectivity index (χ2v) is 1.97. The van der Waals surface area contributed by atoms with E-state index in [4.69, 9.17) is 0 Å². The van der Waals surface area contributed by atoms with Gasteiger partial charge in [-0.05, 0) is 12.8 Å². The zero-order chi connectivity index (χ0) is 7.28. The van der Waals surface area contributed by atoms with Crippen LogP contribution in [0.5, 0.6) is 0 Å². The highest BCUT2D eigenvalue weighted by Gasteiger charge is 2.07. The topological polar surface area (TPSA) is 0 Å². The van der Waals surface area contributed by atoms with Gasteiger partial charge in [0.1, 0.15) is 6.17 Å². The van der Waals surface area contributed by atoms with E-state index in [0.29, 0.717) is 6.42 Å². The summed E-state index contributed by atoms with van der Waals surface area (Å²) in [5.74, 6) is 0. The highest BCUT2D eigenvalue weighted by Crippen LogP contribution is 2.10. The number of rotatable bonds is 4. The molecule has 0 aliphatic carbocycles. The lowest BCUT2D eigenvalue weighted by molar-refractivity contribution is 0.121. The Hall–Kier alpha value is -0.210. The lowest BCUT2D eigenvalue weighted by atomic mass is 10.2. The summed E-state index contributed by atoms with van der Waals surface area (Å²) in [5, 5.41) is 0. The van der Waals surface area contributed by atoms with Crippen LogP contribution >= 0.6 is 0 Å². The van der Waals surface area contributed by atoms with Crippen molar-refractivity contribution < 1.29 is 13.2 Å². The third-order valence-electron chi connectivity index (χ3n) is 1.14. The predicted octanol–water partition coefficient (Wildman–Crippen LogP) is 2.78. The fraction of sp³-hybridized carbons (Fsp3) is 1.00. The van der Waals surface area contributed by atoms with Crippen LogP contribution in [-0.4, -0.2) is 12.6 Å². The van der Waals surface area contributed by atoms with Gasteiger partial charge in [-0.25, -0.2) is 13.2 Å². The average molecular weight is 140 g/mol. The van der Waals surface area contributed by atoms with Crippen molar-refractivity contribution in [2.75, 3.05) is 0 Å². The Labute approximate surface area is 53.1 Å². The minimum absolute atomic E-state index is 0.00579. The molecular weight excluding hydrogens is 129 g/mol. The molecule has 0 aliphatic heterocycles. The van der Waals surface area contributed by atoms with Gasteiger partial charge in [-0.1, -0.05) is 6.92 Å². The molecule has 0 aliphatic rings. The summed E-state index contributed by atoms with van der Waals surface area (Å²) < 4.78 is 34.9. The van der Waals surface area contributed by atoms with Crippen molar-refractivity contribution in [1.29, 1.82) is 0 Å². The van der Waals surface area contributed by atoms with Gasteiger partial charge in [0.2, 0.25) is 6.43 Å². The molecule has 0 unspecified atom stereocenters. The highest BCUT2D eigenvalue weighted by molar-refractivity contribution is 4.53. The first-order valence-corrected chi connectivity index (χ1v) is 3.09. The van der Waals surface area contributed by atoms with Crippen LogP contribution in [-0.2, 0) is 0 Å². The monoisotopic (exact) mass is 140 g/mol. The van der Waals surface area contributed by atoms with E-state index >= 15 is 0 Å². The Bertz CT molecular complexity index is 63.3. The molecule has 0 spiro atoms. The third-order valence-corrected chi connectivity index (χ3v) is 1.14. The summed E-state index contributed by atoms with van der Waals surface area (Å²) in [6, 6.07) is 0. The van der Waals surface area contributed by atoms with Crippen LogP contribution in [0.2, 0.25) is 0 Å². The fourth-order valence-electron chi connectivity index (χ4n) is 0.511. The van der Waals surface area contributed by atoms with Crippen molar-refractivity contribution in [3.8, 4) is 0 Å². The summed E-state index contributed by atoms with van der Waals surface area (Å²) >= 11 is 0. The molecule has 1 atom stereocenters. The van der Waals surface area contributed by atoms with Gasteiger partial charge in [-0.15, -0.1) is 0 Å². The van der Waals surface area contributed by atoms with Crippen molar-refractivity contribution in [3.63, 3.8) is 0 Å². The Morgan fingerprint density at radius 3 is 2.00 bits per heavy atom. The molecule has 0 heterocycles. The predicted molar refractivity (Wildman–Crippen MR) is 30.4 cm³/mol. The van der Waals surface area contributed by atoms with E-state index in [1.54, 1.807) is 6.92 Å². The van der Waals surface area contributed by atoms with E-state index in [1.807, 2.05) is 0 Å². The zero-order valence-corrected chi connectivity index (χ0v) is 5.41. The molecule has 0 amide bonds. The molecule has 56 valence electrons. The van der Waals surface area contributed by atoms with Crippen LogP contribution in [0.4, 0.5) is 13.2 Å². The van der Waals surface area contributed by atoms with E-state index in [-0.39, 0.29) is 12.8 Å².